The van der Waals surface area contributed by atoms with Crippen LogP contribution in [0.3, 0.4) is 0 Å². The fraction of sp³-hybridized carbons (Fsp3) is 0.286. The Hall–Kier alpha value is -2.02. The zero-order valence-electron chi connectivity index (χ0n) is 11.9. The monoisotopic (exact) mass is 354 g/mol. The minimum Gasteiger partial charge on any atom is -0.492 e. The standard InChI is InChI=1S/C14H15BrN2O4/c1-4-21-12-6-8(5-9(15)13(12)20-3)11-7-10(14(18)19)16-17(11)2/h5-7H,4H2,1-3H3,(H,18,19). The SMILES string of the molecule is CCOc1cc(-c2cc(C(=O)O)nn2C)cc(Br)c1OC. The van der Waals surface area contributed by atoms with E-state index in [9.17, 15) is 4.79 Å². The summed E-state index contributed by atoms with van der Waals surface area (Å²) in [7, 11) is 3.26. The van der Waals surface area contributed by atoms with Crippen LogP contribution in [-0.2, 0) is 7.05 Å². The molecule has 0 saturated heterocycles. The molecule has 0 unspecified atom stereocenters. The van der Waals surface area contributed by atoms with Crippen molar-refractivity contribution < 1.29 is 19.4 Å². The van der Waals surface area contributed by atoms with Crippen molar-refractivity contribution in [3.05, 3.63) is 28.4 Å². The molecule has 1 aromatic carbocycles. The van der Waals surface area contributed by atoms with Crippen LogP contribution < -0.4 is 9.47 Å². The van der Waals surface area contributed by atoms with Crippen LogP contribution in [0.25, 0.3) is 11.3 Å². The fourth-order valence-electron chi connectivity index (χ4n) is 2.02. The van der Waals surface area contributed by atoms with E-state index in [1.807, 2.05) is 13.0 Å². The average molecular weight is 355 g/mol. The van der Waals surface area contributed by atoms with E-state index < -0.39 is 5.97 Å². The minimum absolute atomic E-state index is 0.00241. The van der Waals surface area contributed by atoms with Crippen molar-refractivity contribution in [3.8, 4) is 22.8 Å². The molecule has 0 amide bonds. The molecule has 2 aromatic rings. The maximum absolute atomic E-state index is 11.0. The highest BCUT2D eigenvalue weighted by atomic mass is 79.9. The summed E-state index contributed by atoms with van der Waals surface area (Å²) < 4.78 is 13.1. The third-order valence-electron chi connectivity index (χ3n) is 2.91. The highest BCUT2D eigenvalue weighted by molar-refractivity contribution is 9.10. The number of benzene rings is 1. The third kappa shape index (κ3) is 3.02. The molecule has 0 atom stereocenters. The van der Waals surface area contributed by atoms with Gasteiger partial charge in [-0.25, -0.2) is 4.79 Å². The summed E-state index contributed by atoms with van der Waals surface area (Å²) in [5.41, 5.74) is 1.46. The van der Waals surface area contributed by atoms with Gasteiger partial charge in [0.05, 0.1) is 23.9 Å². The first-order valence-corrected chi connectivity index (χ1v) is 7.05. The number of carbonyl (C=O) groups is 1. The van der Waals surface area contributed by atoms with Crippen molar-refractivity contribution in [2.45, 2.75) is 6.92 Å². The van der Waals surface area contributed by atoms with Gasteiger partial charge in [-0.05, 0) is 41.1 Å². The minimum atomic E-state index is -1.06. The number of aromatic nitrogens is 2. The second kappa shape index (κ2) is 6.17. The Bertz CT molecular complexity index is 682. The van der Waals surface area contributed by atoms with Crippen LogP contribution >= 0.6 is 15.9 Å². The average Bonchev–Trinajstić information content (AvgIpc) is 2.81. The molecule has 0 radical (unpaired) electrons. The summed E-state index contributed by atoms with van der Waals surface area (Å²) in [5.74, 6) is 0.123. The summed E-state index contributed by atoms with van der Waals surface area (Å²) in [4.78, 5) is 11.0. The predicted molar refractivity (Wildman–Crippen MR) is 81.0 cm³/mol. The van der Waals surface area contributed by atoms with Gasteiger partial charge in [-0.3, -0.25) is 4.68 Å². The summed E-state index contributed by atoms with van der Waals surface area (Å²) in [6.07, 6.45) is 0. The molecular weight excluding hydrogens is 340 g/mol. The van der Waals surface area contributed by atoms with Crippen LogP contribution in [0.4, 0.5) is 0 Å². The van der Waals surface area contributed by atoms with Crippen LogP contribution in [-0.4, -0.2) is 34.6 Å². The highest BCUT2D eigenvalue weighted by Gasteiger charge is 2.17. The number of hydrogen-bond donors (Lipinski definition) is 1. The van der Waals surface area contributed by atoms with Crippen molar-refractivity contribution in [3.63, 3.8) is 0 Å². The van der Waals surface area contributed by atoms with E-state index >= 15 is 0 Å². The smallest absolute Gasteiger partial charge is 0.356 e. The van der Waals surface area contributed by atoms with E-state index in [0.717, 1.165) is 10.0 Å². The van der Waals surface area contributed by atoms with E-state index in [2.05, 4.69) is 21.0 Å². The largest absolute Gasteiger partial charge is 0.492 e. The number of carboxylic acid groups (broad SMARTS) is 1. The topological polar surface area (TPSA) is 73.6 Å². The highest BCUT2D eigenvalue weighted by Crippen LogP contribution is 2.39. The van der Waals surface area contributed by atoms with Crippen molar-refractivity contribution in [1.82, 2.24) is 9.78 Å². The Morgan fingerprint density at radius 2 is 2.14 bits per heavy atom. The van der Waals surface area contributed by atoms with Crippen LogP contribution in [0.2, 0.25) is 0 Å². The third-order valence-corrected chi connectivity index (χ3v) is 3.50. The van der Waals surface area contributed by atoms with Crippen LogP contribution in [0.15, 0.2) is 22.7 Å². The molecular formula is C14H15BrN2O4. The number of aryl methyl sites for hydroxylation is 1. The van der Waals surface area contributed by atoms with Crippen molar-refractivity contribution in [1.29, 1.82) is 0 Å². The van der Waals surface area contributed by atoms with Gasteiger partial charge in [0.25, 0.3) is 0 Å². The lowest BCUT2D eigenvalue weighted by Crippen LogP contribution is -2.00. The number of aromatic carboxylic acids is 1. The molecule has 0 spiro atoms. The predicted octanol–water partition coefficient (Wildman–Crippen LogP) is 2.96. The van der Waals surface area contributed by atoms with Crippen molar-refractivity contribution >= 4 is 21.9 Å². The lowest BCUT2D eigenvalue weighted by atomic mass is 10.1. The number of methoxy groups -OCH3 is 1. The Morgan fingerprint density at radius 1 is 1.43 bits per heavy atom. The Labute approximate surface area is 130 Å². The van der Waals surface area contributed by atoms with Crippen molar-refractivity contribution in [2.75, 3.05) is 13.7 Å². The zero-order valence-corrected chi connectivity index (χ0v) is 13.5. The number of ether oxygens (including phenoxy) is 2. The molecule has 1 aromatic heterocycles. The Kier molecular flexibility index (Phi) is 4.52. The molecule has 0 aliphatic rings. The molecule has 7 heteroatoms. The van der Waals surface area contributed by atoms with Gasteiger partial charge in [-0.15, -0.1) is 0 Å². The van der Waals surface area contributed by atoms with E-state index in [1.165, 1.54) is 10.7 Å². The van der Waals surface area contributed by atoms with Gasteiger partial charge in [0.15, 0.2) is 17.2 Å². The van der Waals surface area contributed by atoms with Gasteiger partial charge in [0, 0.05) is 12.6 Å². The van der Waals surface area contributed by atoms with Crippen LogP contribution in [0, 0.1) is 0 Å². The number of rotatable bonds is 5. The van der Waals surface area contributed by atoms with Gasteiger partial charge >= 0.3 is 5.97 Å². The van der Waals surface area contributed by atoms with Gasteiger partial charge < -0.3 is 14.6 Å². The Balaban J connectivity index is 2.56. The first-order valence-electron chi connectivity index (χ1n) is 6.26. The molecule has 0 fully saturated rings. The molecule has 6 nitrogen and oxygen atoms in total. The number of halogens is 1. The Morgan fingerprint density at radius 3 is 2.67 bits per heavy atom. The molecule has 1 heterocycles. The summed E-state index contributed by atoms with van der Waals surface area (Å²) in [5, 5.41) is 13.0. The molecule has 0 bridgehead atoms. The maximum atomic E-state index is 11.0. The number of nitrogens with zero attached hydrogens (tertiary/aromatic N) is 2. The van der Waals surface area contributed by atoms with E-state index in [0.29, 0.717) is 23.8 Å². The quantitative estimate of drug-likeness (QED) is 0.893. The van der Waals surface area contributed by atoms with Gasteiger partial charge in [0.2, 0.25) is 0 Å². The van der Waals surface area contributed by atoms with E-state index in [1.54, 1.807) is 20.2 Å². The van der Waals surface area contributed by atoms with Gasteiger partial charge in [-0.1, -0.05) is 0 Å². The number of carboxylic acids is 1. The molecule has 0 aliphatic carbocycles. The van der Waals surface area contributed by atoms with Gasteiger partial charge in [-0.2, -0.15) is 5.10 Å². The fourth-order valence-corrected chi connectivity index (χ4v) is 2.62. The molecule has 0 saturated carbocycles. The molecule has 0 aliphatic heterocycles. The van der Waals surface area contributed by atoms with Crippen LogP contribution in [0.5, 0.6) is 11.5 Å². The zero-order chi connectivity index (χ0) is 15.6. The van der Waals surface area contributed by atoms with E-state index in [-0.39, 0.29) is 5.69 Å². The second-order valence-electron chi connectivity index (χ2n) is 4.27. The summed E-state index contributed by atoms with van der Waals surface area (Å²) in [6, 6.07) is 5.16. The first-order chi connectivity index (χ1) is 9.97. The van der Waals surface area contributed by atoms with Gasteiger partial charge in [0.1, 0.15) is 0 Å². The molecule has 112 valence electrons. The second-order valence-corrected chi connectivity index (χ2v) is 5.12. The number of hydrogen-bond acceptors (Lipinski definition) is 4. The maximum Gasteiger partial charge on any atom is 0.356 e. The molecule has 2 rings (SSSR count). The summed E-state index contributed by atoms with van der Waals surface area (Å²) >= 11 is 3.43. The normalized spacial score (nSPS) is 10.5. The lowest BCUT2D eigenvalue weighted by molar-refractivity contribution is 0.0689. The first kappa shape index (κ1) is 15.4. The summed E-state index contributed by atoms with van der Waals surface area (Å²) in [6.45, 7) is 2.38. The van der Waals surface area contributed by atoms with Crippen molar-refractivity contribution in [2.24, 2.45) is 7.05 Å². The van der Waals surface area contributed by atoms with E-state index in [4.69, 9.17) is 14.6 Å². The van der Waals surface area contributed by atoms with Crippen LogP contribution in [0.1, 0.15) is 17.4 Å². The molecule has 21 heavy (non-hydrogen) atoms. The molecule has 1 N–H and O–H groups in total. The lowest BCUT2D eigenvalue weighted by Gasteiger charge is -2.13.